The Bertz CT molecular complexity index is 2910. The summed E-state index contributed by atoms with van der Waals surface area (Å²) in [4.78, 5) is 62.4. The van der Waals surface area contributed by atoms with E-state index in [-0.39, 0.29) is 21.5 Å². The van der Waals surface area contributed by atoms with Crippen LogP contribution in [-0.2, 0) is 36.8 Å². The number of aromatic nitrogens is 3. The van der Waals surface area contributed by atoms with Gasteiger partial charge in [0.25, 0.3) is 5.91 Å². The first kappa shape index (κ1) is 61.4. The topological polar surface area (TPSA) is 205 Å². The summed E-state index contributed by atoms with van der Waals surface area (Å²) >= 11 is 0. The molecule has 3 aliphatic rings. The molecule has 3 saturated heterocycles. The standard InChI is InChI=1S/C53H60F10N10O8/c1-50(2,52(58,59)60)43(67-49(78)79-6)45(75)66-40(19-30-10-7-29(8-11-30)9-12-31-13-16-42(65-22-31)70-23-33-14-15-34(24-70)73(33)35-27-80-28-35)41(74)26-71(69-46(76)44(81-48(77)64-5)51(3,4)53(61,62)63)25-36-37(54)20-32(21-38(36)55)39-17-18-72(68-39)47(56)57/h7-8,10-11,13,16-18,20-22,33-35,40-41,43-44,47,74H,14-15,19,23-28H2,1-6H3,(H,64,77)(H,66,75)(H,67,78)(H,69,76)/t33-,34-,40-,41-,43+,44+/m0/s1. The number of anilines is 1. The fourth-order valence-corrected chi connectivity index (χ4v) is 9.60. The van der Waals surface area contributed by atoms with Crippen molar-refractivity contribution in [1.29, 1.82) is 0 Å². The summed E-state index contributed by atoms with van der Waals surface area (Å²) in [6, 6.07) is 9.16. The van der Waals surface area contributed by atoms with Gasteiger partial charge < -0.3 is 40.2 Å². The van der Waals surface area contributed by atoms with E-state index in [4.69, 9.17) is 9.47 Å². The highest BCUT2D eigenvalue weighted by Crippen LogP contribution is 2.43. The van der Waals surface area contributed by atoms with Crippen LogP contribution in [0.5, 0.6) is 0 Å². The van der Waals surface area contributed by atoms with E-state index >= 15 is 8.78 Å². The molecular formula is C53H60F10N10O8. The van der Waals surface area contributed by atoms with Crippen molar-refractivity contribution in [1.82, 2.24) is 46.0 Å². The molecule has 18 nitrogen and oxygen atoms in total. The molecule has 0 saturated carbocycles. The molecule has 5 heterocycles. The normalized spacial score (nSPS) is 18.5. The van der Waals surface area contributed by atoms with Crippen molar-refractivity contribution >= 4 is 29.8 Å². The Hall–Kier alpha value is -7.22. The van der Waals surface area contributed by atoms with Crippen molar-refractivity contribution in [2.75, 3.05) is 51.9 Å². The van der Waals surface area contributed by atoms with Crippen molar-refractivity contribution in [3.8, 4) is 23.1 Å². The maximum atomic E-state index is 16.0. The van der Waals surface area contributed by atoms with Crippen molar-refractivity contribution in [3.63, 3.8) is 0 Å². The number of amides is 4. The Morgan fingerprint density at radius 2 is 1.43 bits per heavy atom. The van der Waals surface area contributed by atoms with Gasteiger partial charge in [0, 0.05) is 80.0 Å². The molecule has 28 heteroatoms. The number of methoxy groups -OCH3 is 1. The molecule has 81 heavy (non-hydrogen) atoms. The Balaban J connectivity index is 1.18. The first-order valence-electron chi connectivity index (χ1n) is 25.4. The van der Waals surface area contributed by atoms with Crippen LogP contribution in [0.4, 0.5) is 59.3 Å². The number of alkyl carbamates (subject to hydrolysis) is 2. The molecule has 3 aliphatic heterocycles. The minimum atomic E-state index is -5.27. The van der Waals surface area contributed by atoms with Crippen LogP contribution in [0.1, 0.15) is 69.3 Å². The molecule has 7 rings (SSSR count). The van der Waals surface area contributed by atoms with E-state index in [9.17, 15) is 59.4 Å². The number of rotatable bonds is 19. The molecule has 2 aromatic carbocycles. The van der Waals surface area contributed by atoms with E-state index in [2.05, 4.69) is 41.8 Å². The lowest BCUT2D eigenvalue weighted by Gasteiger charge is -2.47. The number of piperazine rings is 1. The van der Waals surface area contributed by atoms with Crippen LogP contribution in [0.2, 0.25) is 0 Å². The van der Waals surface area contributed by atoms with Crippen molar-refractivity contribution < 1.29 is 82.4 Å². The van der Waals surface area contributed by atoms with Crippen LogP contribution in [0.15, 0.2) is 67.0 Å². The Morgan fingerprint density at radius 1 is 0.827 bits per heavy atom. The Labute approximate surface area is 458 Å². The van der Waals surface area contributed by atoms with E-state index in [0.717, 1.165) is 71.4 Å². The van der Waals surface area contributed by atoms with Gasteiger partial charge in [-0.3, -0.25) is 19.9 Å². The Kier molecular flexibility index (Phi) is 18.9. The molecule has 0 radical (unpaired) electrons. The van der Waals surface area contributed by atoms with Crippen LogP contribution >= 0.6 is 0 Å². The predicted molar refractivity (Wildman–Crippen MR) is 269 cm³/mol. The van der Waals surface area contributed by atoms with Gasteiger partial charge in [0.05, 0.1) is 49.6 Å². The second-order valence-electron chi connectivity index (χ2n) is 20.9. The molecule has 2 bridgehead atoms. The minimum absolute atomic E-state index is 0.197. The number of ether oxygens (including phenoxy) is 3. The lowest BCUT2D eigenvalue weighted by molar-refractivity contribution is -0.239. The van der Waals surface area contributed by atoms with Gasteiger partial charge >= 0.3 is 31.1 Å². The van der Waals surface area contributed by atoms with Crippen LogP contribution in [0, 0.1) is 34.3 Å². The highest BCUT2D eigenvalue weighted by atomic mass is 19.4. The van der Waals surface area contributed by atoms with Gasteiger partial charge in [-0.15, -0.1) is 0 Å². The SMILES string of the molecule is CNC(=O)O[C@H](C(=O)NN(Cc1c(F)cc(-c2ccn(C(F)F)n2)cc1F)C[C@H](O)[C@H](Cc1ccc(C#Cc2ccc(N3C[C@@H]4CC[C@@H](C3)N4C3COC3)nc2)cc1)NC(=O)[C@@H](NC(=O)OC)C(C)(C)C(F)(F)F)C(C)(C)C(F)(F)F. The number of hydrogen-bond acceptors (Lipinski definition) is 13. The summed E-state index contributed by atoms with van der Waals surface area (Å²) in [6.07, 6.45) is -14.1. The number of hydrazine groups is 1. The van der Waals surface area contributed by atoms with Crippen LogP contribution in [0.3, 0.4) is 0 Å². The maximum Gasteiger partial charge on any atom is 0.407 e. The highest BCUT2D eigenvalue weighted by Gasteiger charge is 2.58. The monoisotopic (exact) mass is 1150 g/mol. The third-order valence-corrected chi connectivity index (χ3v) is 14.7. The van der Waals surface area contributed by atoms with Gasteiger partial charge in [-0.25, -0.2) is 33.0 Å². The molecule has 4 aromatic rings. The molecule has 6 atom stereocenters. The van der Waals surface area contributed by atoms with Crippen molar-refractivity contribution in [2.45, 2.75) is 115 Å². The maximum absolute atomic E-state index is 16.0. The Morgan fingerprint density at radius 3 is 1.95 bits per heavy atom. The van der Waals surface area contributed by atoms with Gasteiger partial charge in [0.15, 0.2) is 6.10 Å². The number of benzene rings is 2. The zero-order chi connectivity index (χ0) is 59.4. The number of carbonyl (C=O) groups excluding carboxylic acids is 4. The summed E-state index contributed by atoms with van der Waals surface area (Å²) < 4.78 is 161. The number of aliphatic hydroxyl groups is 1. The van der Waals surface area contributed by atoms with Gasteiger partial charge in [0.1, 0.15) is 28.9 Å². The summed E-state index contributed by atoms with van der Waals surface area (Å²) in [7, 11) is 1.79. The van der Waals surface area contributed by atoms with Gasteiger partial charge in [0.2, 0.25) is 5.91 Å². The molecule has 440 valence electrons. The average Bonchev–Trinajstić information content (AvgIpc) is 4.01. The molecule has 3 fully saturated rings. The number of halogens is 10. The second kappa shape index (κ2) is 24.9. The van der Waals surface area contributed by atoms with Gasteiger partial charge in [-0.1, -0.05) is 24.0 Å². The van der Waals surface area contributed by atoms with Crippen LogP contribution < -0.4 is 26.3 Å². The smallest absolute Gasteiger partial charge is 0.407 e. The average molecular weight is 1160 g/mol. The van der Waals surface area contributed by atoms with Crippen molar-refractivity contribution in [3.05, 3.63) is 101 Å². The lowest BCUT2D eigenvalue weighted by Crippen LogP contribution is -2.62. The summed E-state index contributed by atoms with van der Waals surface area (Å²) in [5.41, 5.74) is -4.54. The third kappa shape index (κ3) is 14.3. The summed E-state index contributed by atoms with van der Waals surface area (Å²) in [5.74, 6) is 0.697. The first-order valence-corrected chi connectivity index (χ1v) is 25.4. The third-order valence-electron chi connectivity index (χ3n) is 14.7. The van der Waals surface area contributed by atoms with E-state index < -0.39 is 115 Å². The largest absolute Gasteiger partial charge is 0.453 e. The number of carbonyl (C=O) groups is 4. The second-order valence-corrected chi connectivity index (χ2v) is 20.9. The number of hydrogen-bond donors (Lipinski definition) is 5. The molecule has 0 spiro atoms. The highest BCUT2D eigenvalue weighted by molar-refractivity contribution is 5.87. The number of pyridine rings is 1. The fraction of sp³-hybridized carbons (Fsp3) is 0.509. The molecular weight excluding hydrogens is 1090 g/mol. The van der Waals surface area contributed by atoms with E-state index in [1.807, 2.05) is 28.2 Å². The molecule has 2 aromatic heterocycles. The molecule has 4 amide bonds. The van der Waals surface area contributed by atoms with Gasteiger partial charge in [-0.2, -0.15) is 40.2 Å². The van der Waals surface area contributed by atoms with Crippen LogP contribution in [0.25, 0.3) is 11.3 Å². The summed E-state index contributed by atoms with van der Waals surface area (Å²) in [6.45, 7) is -0.0585. The van der Waals surface area contributed by atoms with Crippen LogP contribution in [-0.4, -0.2) is 156 Å². The van der Waals surface area contributed by atoms with Gasteiger partial charge in [-0.05, 0) is 95.0 Å². The van der Waals surface area contributed by atoms with E-state index in [1.54, 1.807) is 18.3 Å². The van der Waals surface area contributed by atoms with Crippen molar-refractivity contribution in [2.24, 2.45) is 10.8 Å². The zero-order valence-corrected chi connectivity index (χ0v) is 44.6. The summed E-state index contributed by atoms with van der Waals surface area (Å²) in [5, 5.41) is 22.2. The molecule has 0 aliphatic carbocycles. The number of nitrogens with zero attached hydrogens (tertiary/aromatic N) is 6. The minimum Gasteiger partial charge on any atom is -0.453 e. The fourth-order valence-electron chi connectivity index (χ4n) is 9.60. The number of nitrogens with one attached hydrogen (secondary N) is 4. The van der Waals surface area contributed by atoms with E-state index in [1.165, 1.54) is 12.1 Å². The quantitative estimate of drug-likeness (QED) is 0.0381. The number of aliphatic hydroxyl groups excluding tert-OH is 1. The molecule has 0 unspecified atom stereocenters. The van der Waals surface area contributed by atoms with E-state index in [0.29, 0.717) is 74.1 Å². The zero-order valence-electron chi connectivity index (χ0n) is 44.6. The molecule has 5 N–H and O–H groups in total. The lowest BCUT2D eigenvalue weighted by atomic mass is 9.82. The first-order chi connectivity index (χ1) is 38.0. The predicted octanol–water partition coefficient (Wildman–Crippen LogP) is 6.62. The number of alkyl halides is 8. The number of fused-ring (bicyclic) bond motifs is 2.